The van der Waals surface area contributed by atoms with Crippen molar-refractivity contribution >= 4 is 27.3 Å². The number of nitrogens with two attached hydrogens (primary N) is 1. The fourth-order valence-electron chi connectivity index (χ4n) is 1.92. The number of nitrogens with zero attached hydrogens (tertiary/aromatic N) is 1. The molecule has 2 rings (SSSR count). The Labute approximate surface area is 130 Å². The number of rotatable bonds is 4. The molecule has 0 unspecified atom stereocenters. The summed E-state index contributed by atoms with van der Waals surface area (Å²) in [5.74, 6) is 0. The number of benzene rings is 2. The van der Waals surface area contributed by atoms with Crippen LogP contribution in [0.3, 0.4) is 0 Å². The van der Waals surface area contributed by atoms with Crippen LogP contribution in [0.5, 0.6) is 0 Å². The van der Waals surface area contributed by atoms with Gasteiger partial charge < -0.3 is 5.73 Å². The van der Waals surface area contributed by atoms with Gasteiger partial charge in [0.05, 0.1) is 10.6 Å². The molecule has 0 saturated carbocycles. The molecule has 2 aromatic rings. The number of halogens is 1. The molecule has 112 valence electrons. The largest absolute Gasteiger partial charge is 0.326 e. The Morgan fingerprint density at radius 2 is 1.76 bits per heavy atom. The molecule has 0 saturated heterocycles. The van der Waals surface area contributed by atoms with Gasteiger partial charge in [-0.3, -0.25) is 4.31 Å². The zero-order valence-corrected chi connectivity index (χ0v) is 13.4. The minimum Gasteiger partial charge on any atom is -0.326 e. The zero-order valence-electron chi connectivity index (χ0n) is 11.9. The molecule has 0 fully saturated rings. The van der Waals surface area contributed by atoms with Gasteiger partial charge in [-0.15, -0.1) is 0 Å². The Bertz CT molecular complexity index is 743. The van der Waals surface area contributed by atoms with E-state index in [9.17, 15) is 8.42 Å². The molecule has 0 aromatic heterocycles. The van der Waals surface area contributed by atoms with Gasteiger partial charge in [-0.2, -0.15) is 0 Å². The lowest BCUT2D eigenvalue weighted by Gasteiger charge is -2.20. The topological polar surface area (TPSA) is 63.4 Å². The van der Waals surface area contributed by atoms with Crippen LogP contribution < -0.4 is 10.0 Å². The predicted octanol–water partition coefficient (Wildman–Crippen LogP) is 2.93. The Kier molecular flexibility index (Phi) is 4.56. The van der Waals surface area contributed by atoms with E-state index in [1.54, 1.807) is 18.2 Å². The smallest absolute Gasteiger partial charge is 0.264 e. The van der Waals surface area contributed by atoms with Crippen molar-refractivity contribution in [1.29, 1.82) is 0 Å². The summed E-state index contributed by atoms with van der Waals surface area (Å²) in [5.41, 5.74) is 7.85. The van der Waals surface area contributed by atoms with E-state index in [0.29, 0.717) is 16.3 Å². The molecule has 0 heterocycles. The standard InChI is InChI=1S/C15H17ClN2O2S/c1-11-3-5-13(6-4-11)18(2)21(19,20)14-7-8-15(16)12(9-14)10-17/h3-9H,10,17H2,1-2H3. The highest BCUT2D eigenvalue weighted by atomic mass is 35.5. The zero-order chi connectivity index (χ0) is 15.6. The van der Waals surface area contributed by atoms with Crippen LogP contribution in [0.15, 0.2) is 47.4 Å². The fourth-order valence-corrected chi connectivity index (χ4v) is 3.36. The van der Waals surface area contributed by atoms with Crippen molar-refractivity contribution in [1.82, 2.24) is 0 Å². The van der Waals surface area contributed by atoms with E-state index in [2.05, 4.69) is 0 Å². The van der Waals surface area contributed by atoms with Crippen LogP contribution in [0, 0.1) is 6.92 Å². The van der Waals surface area contributed by atoms with Gasteiger partial charge in [-0.05, 0) is 42.8 Å². The van der Waals surface area contributed by atoms with Gasteiger partial charge in [0, 0.05) is 18.6 Å². The molecule has 2 aromatic carbocycles. The van der Waals surface area contributed by atoms with Gasteiger partial charge >= 0.3 is 0 Å². The maximum atomic E-state index is 12.6. The molecule has 0 spiro atoms. The average molecular weight is 325 g/mol. The predicted molar refractivity (Wildman–Crippen MR) is 86.1 cm³/mol. The molecule has 0 amide bonds. The Morgan fingerprint density at radius 1 is 1.14 bits per heavy atom. The van der Waals surface area contributed by atoms with E-state index < -0.39 is 10.0 Å². The van der Waals surface area contributed by atoms with Crippen molar-refractivity contribution in [2.45, 2.75) is 18.4 Å². The van der Waals surface area contributed by atoms with Crippen LogP contribution in [0.1, 0.15) is 11.1 Å². The number of anilines is 1. The third-order valence-electron chi connectivity index (χ3n) is 3.29. The van der Waals surface area contributed by atoms with Gasteiger partial charge in [-0.25, -0.2) is 8.42 Å². The quantitative estimate of drug-likeness (QED) is 0.940. The summed E-state index contributed by atoms with van der Waals surface area (Å²) in [4.78, 5) is 0.176. The maximum absolute atomic E-state index is 12.6. The van der Waals surface area contributed by atoms with E-state index in [-0.39, 0.29) is 11.4 Å². The molecule has 0 radical (unpaired) electrons. The van der Waals surface area contributed by atoms with Gasteiger partial charge in [-0.1, -0.05) is 29.3 Å². The third kappa shape index (κ3) is 3.20. The fraction of sp³-hybridized carbons (Fsp3) is 0.200. The first-order valence-electron chi connectivity index (χ1n) is 6.40. The first-order valence-corrected chi connectivity index (χ1v) is 8.22. The molecule has 2 N–H and O–H groups in total. The average Bonchev–Trinajstić information content (AvgIpc) is 2.47. The van der Waals surface area contributed by atoms with E-state index in [1.165, 1.54) is 23.5 Å². The molecule has 21 heavy (non-hydrogen) atoms. The Balaban J connectivity index is 2.43. The Hall–Kier alpha value is -1.56. The lowest BCUT2D eigenvalue weighted by molar-refractivity contribution is 0.594. The molecular formula is C15H17ClN2O2S. The lowest BCUT2D eigenvalue weighted by atomic mass is 10.2. The summed E-state index contributed by atoms with van der Waals surface area (Å²) in [6, 6.07) is 11.8. The molecular weight excluding hydrogens is 308 g/mol. The Morgan fingerprint density at radius 3 is 2.33 bits per heavy atom. The summed E-state index contributed by atoms with van der Waals surface area (Å²) < 4.78 is 26.5. The van der Waals surface area contributed by atoms with E-state index in [1.807, 2.05) is 19.1 Å². The van der Waals surface area contributed by atoms with Crippen molar-refractivity contribution in [3.05, 3.63) is 58.6 Å². The first-order chi connectivity index (χ1) is 9.86. The second-order valence-electron chi connectivity index (χ2n) is 4.77. The van der Waals surface area contributed by atoms with Crippen molar-refractivity contribution < 1.29 is 8.42 Å². The van der Waals surface area contributed by atoms with Crippen molar-refractivity contribution in [2.24, 2.45) is 5.73 Å². The van der Waals surface area contributed by atoms with Crippen LogP contribution in [-0.2, 0) is 16.6 Å². The van der Waals surface area contributed by atoms with Crippen LogP contribution in [0.25, 0.3) is 0 Å². The van der Waals surface area contributed by atoms with Crippen LogP contribution in [0.4, 0.5) is 5.69 Å². The van der Waals surface area contributed by atoms with Gasteiger partial charge in [0.2, 0.25) is 0 Å². The summed E-state index contributed by atoms with van der Waals surface area (Å²) in [6.07, 6.45) is 0. The maximum Gasteiger partial charge on any atom is 0.264 e. The summed E-state index contributed by atoms with van der Waals surface area (Å²) in [7, 11) is -2.11. The third-order valence-corrected chi connectivity index (χ3v) is 5.44. The summed E-state index contributed by atoms with van der Waals surface area (Å²) in [5, 5.41) is 0.467. The summed E-state index contributed by atoms with van der Waals surface area (Å²) >= 11 is 5.97. The lowest BCUT2D eigenvalue weighted by Crippen LogP contribution is -2.26. The molecule has 0 aliphatic carbocycles. The number of hydrogen-bond acceptors (Lipinski definition) is 3. The van der Waals surface area contributed by atoms with Gasteiger partial charge in [0.25, 0.3) is 10.0 Å². The summed E-state index contributed by atoms with van der Waals surface area (Å²) in [6.45, 7) is 2.14. The molecule has 4 nitrogen and oxygen atoms in total. The van der Waals surface area contributed by atoms with E-state index in [0.717, 1.165) is 5.56 Å². The second kappa shape index (κ2) is 6.05. The number of aryl methyl sites for hydroxylation is 1. The van der Waals surface area contributed by atoms with Gasteiger partial charge in [0.15, 0.2) is 0 Å². The second-order valence-corrected chi connectivity index (χ2v) is 7.14. The van der Waals surface area contributed by atoms with Crippen LogP contribution >= 0.6 is 11.6 Å². The highest BCUT2D eigenvalue weighted by Crippen LogP contribution is 2.25. The monoisotopic (exact) mass is 324 g/mol. The molecule has 0 aliphatic heterocycles. The van der Waals surface area contributed by atoms with E-state index >= 15 is 0 Å². The van der Waals surface area contributed by atoms with Crippen molar-refractivity contribution in [3.8, 4) is 0 Å². The molecule has 6 heteroatoms. The normalized spacial score (nSPS) is 11.4. The number of sulfonamides is 1. The van der Waals surface area contributed by atoms with Gasteiger partial charge in [0.1, 0.15) is 0 Å². The van der Waals surface area contributed by atoms with Crippen LogP contribution in [-0.4, -0.2) is 15.5 Å². The SMILES string of the molecule is Cc1ccc(N(C)S(=O)(=O)c2ccc(Cl)c(CN)c2)cc1. The molecule has 0 atom stereocenters. The minimum absolute atomic E-state index is 0.176. The van der Waals surface area contributed by atoms with Crippen molar-refractivity contribution in [3.63, 3.8) is 0 Å². The van der Waals surface area contributed by atoms with Crippen LogP contribution in [0.2, 0.25) is 5.02 Å². The van der Waals surface area contributed by atoms with Crippen molar-refractivity contribution in [2.75, 3.05) is 11.4 Å². The highest BCUT2D eigenvalue weighted by Gasteiger charge is 2.22. The van der Waals surface area contributed by atoms with E-state index in [4.69, 9.17) is 17.3 Å². The first kappa shape index (κ1) is 15.8. The molecule has 0 bridgehead atoms. The minimum atomic E-state index is -3.64. The highest BCUT2D eigenvalue weighted by molar-refractivity contribution is 7.92. The molecule has 0 aliphatic rings. The number of hydrogen-bond donors (Lipinski definition) is 1.